The average Bonchev–Trinajstić information content (AvgIpc) is 3.24. The summed E-state index contributed by atoms with van der Waals surface area (Å²) in [6.07, 6.45) is 1.55. The third-order valence-corrected chi connectivity index (χ3v) is 5.57. The Morgan fingerprint density at radius 2 is 1.69 bits per heavy atom. The Hall–Kier alpha value is -3.48. The predicted octanol–water partition coefficient (Wildman–Crippen LogP) is 5.44. The second-order valence-corrected chi connectivity index (χ2v) is 7.79. The minimum atomic E-state index is -0.520. The number of ether oxygens (including phenoxy) is 2. The third-order valence-electron chi connectivity index (χ3n) is 4.83. The first-order chi connectivity index (χ1) is 15.4. The molecular formula is C24H18Cl2N2O4. The number of carbonyl (C=O) groups excluding carboxylic acids is 2. The number of benzene rings is 3. The largest absolute Gasteiger partial charge is 0.454 e. The zero-order valence-electron chi connectivity index (χ0n) is 16.9. The van der Waals surface area contributed by atoms with Crippen molar-refractivity contribution < 1.29 is 19.1 Å². The minimum absolute atomic E-state index is 0.0214. The van der Waals surface area contributed by atoms with Gasteiger partial charge in [0.1, 0.15) is 5.70 Å². The van der Waals surface area contributed by atoms with Crippen molar-refractivity contribution in [2.45, 2.75) is 6.92 Å². The molecule has 3 aromatic rings. The second-order valence-electron chi connectivity index (χ2n) is 6.97. The van der Waals surface area contributed by atoms with Gasteiger partial charge in [0, 0.05) is 10.7 Å². The van der Waals surface area contributed by atoms with Crippen molar-refractivity contribution in [3.8, 4) is 11.5 Å². The number of nitrogens with one attached hydrogen (secondary N) is 2. The molecule has 6 nitrogen and oxygen atoms in total. The molecule has 0 bridgehead atoms. The van der Waals surface area contributed by atoms with Gasteiger partial charge in [-0.3, -0.25) is 9.59 Å². The van der Waals surface area contributed by atoms with Gasteiger partial charge in [0.2, 0.25) is 6.79 Å². The van der Waals surface area contributed by atoms with E-state index in [1.54, 1.807) is 73.7 Å². The van der Waals surface area contributed by atoms with E-state index in [4.69, 9.17) is 32.7 Å². The lowest BCUT2D eigenvalue weighted by Crippen LogP contribution is -2.31. The SMILES string of the molecule is Cc1c(Cl)cccc1NC(=O)C(=Cc1ccc2c(c1)OCO2)NC(=O)c1ccccc1Cl. The van der Waals surface area contributed by atoms with Crippen LogP contribution in [0.1, 0.15) is 21.5 Å². The molecule has 4 rings (SSSR count). The highest BCUT2D eigenvalue weighted by Crippen LogP contribution is 2.33. The van der Waals surface area contributed by atoms with E-state index in [1.807, 2.05) is 0 Å². The first kappa shape index (κ1) is 21.7. The molecule has 1 aliphatic rings. The summed E-state index contributed by atoms with van der Waals surface area (Å²) in [5.41, 5.74) is 2.15. The first-order valence-electron chi connectivity index (χ1n) is 9.66. The highest BCUT2D eigenvalue weighted by atomic mass is 35.5. The summed E-state index contributed by atoms with van der Waals surface area (Å²) in [5, 5.41) is 6.26. The van der Waals surface area contributed by atoms with Crippen LogP contribution in [0.4, 0.5) is 5.69 Å². The smallest absolute Gasteiger partial charge is 0.272 e. The molecule has 1 aliphatic heterocycles. The lowest BCUT2D eigenvalue weighted by atomic mass is 10.1. The van der Waals surface area contributed by atoms with Crippen LogP contribution >= 0.6 is 23.2 Å². The van der Waals surface area contributed by atoms with E-state index in [-0.39, 0.29) is 23.1 Å². The van der Waals surface area contributed by atoms with E-state index in [1.165, 1.54) is 0 Å². The zero-order chi connectivity index (χ0) is 22.7. The Balaban J connectivity index is 1.67. The van der Waals surface area contributed by atoms with Crippen molar-refractivity contribution in [2.24, 2.45) is 0 Å². The molecule has 0 aliphatic carbocycles. The van der Waals surface area contributed by atoms with E-state index in [9.17, 15) is 9.59 Å². The molecule has 8 heteroatoms. The van der Waals surface area contributed by atoms with E-state index in [0.29, 0.717) is 33.3 Å². The van der Waals surface area contributed by atoms with Gasteiger partial charge in [-0.15, -0.1) is 0 Å². The van der Waals surface area contributed by atoms with Gasteiger partial charge in [0.15, 0.2) is 11.5 Å². The second kappa shape index (κ2) is 9.34. The van der Waals surface area contributed by atoms with Gasteiger partial charge >= 0.3 is 0 Å². The molecule has 0 radical (unpaired) electrons. The standard InChI is InChI=1S/C24H18Cl2N2O4/c1-14-17(25)7-4-8-19(14)27-24(30)20(28-23(29)16-5-2-3-6-18(16)26)11-15-9-10-21-22(12-15)32-13-31-21/h2-12H,13H2,1H3,(H,27,30)(H,28,29). The maximum absolute atomic E-state index is 13.1. The molecule has 0 saturated carbocycles. The molecule has 1 heterocycles. The fraction of sp³-hybridized carbons (Fsp3) is 0.0833. The van der Waals surface area contributed by atoms with E-state index in [2.05, 4.69) is 10.6 Å². The van der Waals surface area contributed by atoms with Gasteiger partial charge in [-0.1, -0.05) is 47.5 Å². The fourth-order valence-corrected chi connectivity index (χ4v) is 3.49. The van der Waals surface area contributed by atoms with Crippen LogP contribution in [0.2, 0.25) is 10.0 Å². The van der Waals surface area contributed by atoms with Gasteiger partial charge in [0.05, 0.1) is 10.6 Å². The number of fused-ring (bicyclic) bond motifs is 1. The highest BCUT2D eigenvalue weighted by Gasteiger charge is 2.19. The topological polar surface area (TPSA) is 76.7 Å². The van der Waals surface area contributed by atoms with Crippen LogP contribution < -0.4 is 20.1 Å². The van der Waals surface area contributed by atoms with Crippen LogP contribution in [0.25, 0.3) is 6.08 Å². The van der Waals surface area contributed by atoms with Gasteiger partial charge in [-0.25, -0.2) is 0 Å². The molecule has 0 unspecified atom stereocenters. The Labute approximate surface area is 194 Å². The summed E-state index contributed by atoms with van der Waals surface area (Å²) in [6, 6.07) is 17.0. The number of hydrogen-bond acceptors (Lipinski definition) is 4. The van der Waals surface area contributed by atoms with Crippen molar-refractivity contribution in [3.63, 3.8) is 0 Å². The molecule has 0 saturated heterocycles. The molecule has 3 aromatic carbocycles. The van der Waals surface area contributed by atoms with Crippen molar-refractivity contribution in [2.75, 3.05) is 12.1 Å². The van der Waals surface area contributed by atoms with Crippen molar-refractivity contribution in [1.82, 2.24) is 5.32 Å². The monoisotopic (exact) mass is 468 g/mol. The minimum Gasteiger partial charge on any atom is -0.454 e. The van der Waals surface area contributed by atoms with E-state index < -0.39 is 11.8 Å². The summed E-state index contributed by atoms with van der Waals surface area (Å²) in [5.74, 6) is 0.137. The van der Waals surface area contributed by atoms with Crippen LogP contribution in [0.5, 0.6) is 11.5 Å². The first-order valence-corrected chi connectivity index (χ1v) is 10.4. The summed E-state index contributed by atoms with van der Waals surface area (Å²) < 4.78 is 10.7. The van der Waals surface area contributed by atoms with Gasteiger partial charge < -0.3 is 20.1 Å². The molecule has 0 fully saturated rings. The molecule has 2 amide bonds. The van der Waals surface area contributed by atoms with Crippen molar-refractivity contribution >= 4 is 46.8 Å². The molecule has 32 heavy (non-hydrogen) atoms. The van der Waals surface area contributed by atoms with E-state index in [0.717, 1.165) is 0 Å². The normalized spacial score (nSPS) is 12.4. The molecule has 162 valence electrons. The maximum Gasteiger partial charge on any atom is 0.272 e. The Morgan fingerprint density at radius 1 is 0.938 bits per heavy atom. The van der Waals surface area contributed by atoms with Crippen molar-refractivity contribution in [1.29, 1.82) is 0 Å². The molecule has 2 N–H and O–H groups in total. The lowest BCUT2D eigenvalue weighted by Gasteiger charge is -2.14. The average molecular weight is 469 g/mol. The summed E-state index contributed by atoms with van der Waals surface area (Å²) in [4.78, 5) is 26.0. The number of amides is 2. The molecular weight excluding hydrogens is 451 g/mol. The van der Waals surface area contributed by atoms with Gasteiger partial charge in [-0.05, 0) is 60.5 Å². The summed E-state index contributed by atoms with van der Waals surface area (Å²) in [7, 11) is 0. The number of hydrogen-bond donors (Lipinski definition) is 2. The molecule has 0 aromatic heterocycles. The number of halogens is 2. The number of anilines is 1. The van der Waals surface area contributed by atoms with Crippen LogP contribution in [0.15, 0.2) is 66.4 Å². The Bertz CT molecular complexity index is 1240. The highest BCUT2D eigenvalue weighted by molar-refractivity contribution is 6.34. The summed E-state index contributed by atoms with van der Waals surface area (Å²) >= 11 is 12.3. The summed E-state index contributed by atoms with van der Waals surface area (Å²) in [6.45, 7) is 1.93. The molecule has 0 atom stereocenters. The van der Waals surface area contributed by atoms with Crippen LogP contribution in [-0.2, 0) is 4.79 Å². The van der Waals surface area contributed by atoms with Gasteiger partial charge in [-0.2, -0.15) is 0 Å². The lowest BCUT2D eigenvalue weighted by molar-refractivity contribution is -0.113. The van der Waals surface area contributed by atoms with Crippen LogP contribution in [0.3, 0.4) is 0 Å². The van der Waals surface area contributed by atoms with E-state index >= 15 is 0 Å². The maximum atomic E-state index is 13.1. The number of carbonyl (C=O) groups is 2. The zero-order valence-corrected chi connectivity index (χ0v) is 18.5. The number of rotatable bonds is 5. The Kier molecular flexibility index (Phi) is 6.35. The van der Waals surface area contributed by atoms with Crippen molar-refractivity contribution in [3.05, 3.63) is 93.1 Å². The van der Waals surface area contributed by atoms with Crippen LogP contribution in [0, 0.1) is 6.92 Å². The Morgan fingerprint density at radius 3 is 2.50 bits per heavy atom. The quantitative estimate of drug-likeness (QED) is 0.488. The predicted molar refractivity (Wildman–Crippen MR) is 124 cm³/mol. The molecule has 0 spiro atoms. The van der Waals surface area contributed by atoms with Gasteiger partial charge in [0.25, 0.3) is 11.8 Å². The van der Waals surface area contributed by atoms with Crippen LogP contribution in [-0.4, -0.2) is 18.6 Å². The fourth-order valence-electron chi connectivity index (χ4n) is 3.10. The third kappa shape index (κ3) is 4.72.